The van der Waals surface area contributed by atoms with Crippen LogP contribution in [-0.2, 0) is 13.5 Å². The Morgan fingerprint density at radius 2 is 2.29 bits per heavy atom. The molecule has 2 aromatic rings. The van der Waals surface area contributed by atoms with E-state index in [9.17, 15) is 9.90 Å². The van der Waals surface area contributed by atoms with Gasteiger partial charge >= 0.3 is 0 Å². The van der Waals surface area contributed by atoms with Crippen molar-refractivity contribution in [2.45, 2.75) is 24.9 Å². The second kappa shape index (κ2) is 6.56. The minimum atomic E-state index is -0.991. The highest BCUT2D eigenvalue weighted by Crippen LogP contribution is 2.25. The lowest BCUT2D eigenvalue weighted by Gasteiger charge is -2.39. The Kier molecular flexibility index (Phi) is 4.48. The summed E-state index contributed by atoms with van der Waals surface area (Å²) in [5.41, 5.74) is -0.507. The Bertz CT molecular complexity index is 715. The zero-order valence-corrected chi connectivity index (χ0v) is 13.8. The third-order valence-corrected chi connectivity index (χ3v) is 4.33. The monoisotopic (exact) mass is 331 g/mol. The van der Waals surface area contributed by atoms with Crippen molar-refractivity contribution in [2.24, 2.45) is 7.05 Å². The molecule has 0 bridgehead atoms. The molecule has 0 aliphatic carbocycles. The molecule has 2 aromatic heterocycles. The molecule has 1 N–H and O–H groups in total. The van der Waals surface area contributed by atoms with Gasteiger partial charge in [-0.25, -0.2) is 4.98 Å². The van der Waals surface area contributed by atoms with Crippen molar-refractivity contribution in [3.05, 3.63) is 36.0 Å². The number of β-amino-alcohol motifs (C(OH)–C–C–N with tert-alkyl or cyclic N) is 1. The zero-order valence-electron chi connectivity index (χ0n) is 13.8. The number of pyridine rings is 1. The van der Waals surface area contributed by atoms with E-state index < -0.39 is 5.60 Å². The lowest BCUT2D eigenvalue weighted by molar-refractivity contribution is -0.0258. The largest absolute Gasteiger partial charge is 0.481 e. The van der Waals surface area contributed by atoms with Crippen LogP contribution in [0.2, 0.25) is 0 Å². The maximum atomic E-state index is 12.7. The van der Waals surface area contributed by atoms with E-state index in [1.54, 1.807) is 27.9 Å². The third-order valence-electron chi connectivity index (χ3n) is 4.33. The van der Waals surface area contributed by atoms with E-state index in [2.05, 4.69) is 15.2 Å². The molecule has 0 spiro atoms. The van der Waals surface area contributed by atoms with E-state index in [-0.39, 0.29) is 12.5 Å². The van der Waals surface area contributed by atoms with Gasteiger partial charge in [0.05, 0.1) is 24.8 Å². The Balaban J connectivity index is 1.72. The number of carbonyl (C=O) groups is 1. The van der Waals surface area contributed by atoms with Crippen LogP contribution in [0.5, 0.6) is 5.88 Å². The van der Waals surface area contributed by atoms with Crippen molar-refractivity contribution in [1.82, 2.24) is 24.6 Å². The first kappa shape index (κ1) is 16.4. The van der Waals surface area contributed by atoms with E-state index in [4.69, 9.17) is 4.74 Å². The molecule has 1 aliphatic heterocycles. The number of methoxy groups -OCH3 is 1. The molecule has 128 valence electrons. The average Bonchev–Trinajstić information content (AvgIpc) is 2.98. The molecule has 1 aliphatic rings. The second-order valence-electron chi connectivity index (χ2n) is 6.18. The topological polar surface area (TPSA) is 93.4 Å². The van der Waals surface area contributed by atoms with Gasteiger partial charge in [-0.3, -0.25) is 4.79 Å². The van der Waals surface area contributed by atoms with Gasteiger partial charge in [0.1, 0.15) is 12.2 Å². The van der Waals surface area contributed by atoms with Crippen molar-refractivity contribution in [3.8, 4) is 5.88 Å². The van der Waals surface area contributed by atoms with Gasteiger partial charge in [0.2, 0.25) is 5.88 Å². The maximum absolute atomic E-state index is 12.7. The van der Waals surface area contributed by atoms with Crippen LogP contribution < -0.4 is 4.74 Å². The quantitative estimate of drug-likeness (QED) is 0.873. The van der Waals surface area contributed by atoms with Crippen LogP contribution in [0.25, 0.3) is 0 Å². The first-order valence-corrected chi connectivity index (χ1v) is 7.85. The summed E-state index contributed by atoms with van der Waals surface area (Å²) in [6.45, 7) is 0.886. The molecule has 1 saturated heterocycles. The van der Waals surface area contributed by atoms with E-state index >= 15 is 0 Å². The smallest absolute Gasteiger partial charge is 0.255 e. The molecule has 8 nitrogen and oxygen atoms in total. The Hall–Kier alpha value is -2.48. The Morgan fingerprint density at radius 3 is 2.92 bits per heavy atom. The first-order chi connectivity index (χ1) is 11.5. The fourth-order valence-electron chi connectivity index (χ4n) is 3.00. The SMILES string of the molecule is COc1ccc(C(=O)N2CCCC(O)(Cc3nncn3C)C2)cn1. The highest BCUT2D eigenvalue weighted by atomic mass is 16.5. The summed E-state index contributed by atoms with van der Waals surface area (Å²) in [5.74, 6) is 1.03. The summed E-state index contributed by atoms with van der Waals surface area (Å²) >= 11 is 0. The summed E-state index contributed by atoms with van der Waals surface area (Å²) in [5, 5.41) is 18.8. The second-order valence-corrected chi connectivity index (χ2v) is 6.18. The fourth-order valence-corrected chi connectivity index (χ4v) is 3.00. The number of ether oxygens (including phenoxy) is 1. The molecule has 0 radical (unpaired) electrons. The number of aromatic nitrogens is 4. The molecular weight excluding hydrogens is 310 g/mol. The van der Waals surface area contributed by atoms with Gasteiger partial charge in [0.15, 0.2) is 0 Å². The highest BCUT2D eigenvalue weighted by molar-refractivity contribution is 5.94. The molecule has 1 atom stereocenters. The molecule has 3 heterocycles. The zero-order chi connectivity index (χ0) is 17.2. The van der Waals surface area contributed by atoms with Gasteiger partial charge in [-0.15, -0.1) is 10.2 Å². The number of piperidine rings is 1. The molecule has 1 amide bonds. The number of aryl methyl sites for hydroxylation is 1. The summed E-state index contributed by atoms with van der Waals surface area (Å²) in [7, 11) is 3.37. The van der Waals surface area contributed by atoms with Gasteiger partial charge in [0.25, 0.3) is 5.91 Å². The molecular formula is C16H21N5O3. The number of hydrogen-bond acceptors (Lipinski definition) is 6. The Morgan fingerprint density at radius 1 is 1.46 bits per heavy atom. The number of likely N-dealkylation sites (tertiary alicyclic amines) is 1. The van der Waals surface area contributed by atoms with Crippen LogP contribution in [0.3, 0.4) is 0 Å². The molecule has 0 saturated carbocycles. The summed E-state index contributed by atoms with van der Waals surface area (Å²) in [6, 6.07) is 3.34. The van der Waals surface area contributed by atoms with Crippen LogP contribution in [-0.4, -0.2) is 61.5 Å². The summed E-state index contributed by atoms with van der Waals surface area (Å²) in [6.07, 6.45) is 4.84. The molecule has 3 rings (SSSR count). The number of nitrogens with zero attached hydrogens (tertiary/aromatic N) is 5. The van der Waals surface area contributed by atoms with Crippen molar-refractivity contribution < 1.29 is 14.6 Å². The number of hydrogen-bond donors (Lipinski definition) is 1. The summed E-state index contributed by atoms with van der Waals surface area (Å²) in [4.78, 5) is 18.4. The van der Waals surface area contributed by atoms with E-state index in [1.807, 2.05) is 7.05 Å². The normalized spacial score (nSPS) is 20.9. The minimum absolute atomic E-state index is 0.138. The number of rotatable bonds is 4. The van der Waals surface area contributed by atoms with E-state index in [1.165, 1.54) is 13.3 Å². The molecule has 1 fully saturated rings. The van der Waals surface area contributed by atoms with Crippen molar-refractivity contribution >= 4 is 5.91 Å². The van der Waals surface area contributed by atoms with Gasteiger partial charge < -0.3 is 19.3 Å². The lowest BCUT2D eigenvalue weighted by atomic mass is 9.89. The van der Waals surface area contributed by atoms with Gasteiger partial charge in [-0.1, -0.05) is 0 Å². The minimum Gasteiger partial charge on any atom is -0.481 e. The van der Waals surface area contributed by atoms with Crippen molar-refractivity contribution in [3.63, 3.8) is 0 Å². The van der Waals surface area contributed by atoms with Crippen molar-refractivity contribution in [1.29, 1.82) is 0 Å². The van der Waals surface area contributed by atoms with Gasteiger partial charge in [0, 0.05) is 32.3 Å². The summed E-state index contributed by atoms with van der Waals surface area (Å²) < 4.78 is 6.79. The fraction of sp³-hybridized carbons (Fsp3) is 0.500. The predicted molar refractivity (Wildman–Crippen MR) is 85.6 cm³/mol. The predicted octanol–water partition coefficient (Wildman–Crippen LogP) is 0.428. The number of carbonyl (C=O) groups excluding carboxylic acids is 1. The van der Waals surface area contributed by atoms with E-state index in [0.717, 1.165) is 6.42 Å². The average molecular weight is 331 g/mol. The van der Waals surface area contributed by atoms with Crippen molar-refractivity contribution in [2.75, 3.05) is 20.2 Å². The highest BCUT2D eigenvalue weighted by Gasteiger charge is 2.36. The van der Waals surface area contributed by atoms with Crippen LogP contribution in [0, 0.1) is 0 Å². The van der Waals surface area contributed by atoms with Crippen LogP contribution >= 0.6 is 0 Å². The number of aliphatic hydroxyl groups is 1. The van der Waals surface area contributed by atoms with E-state index in [0.29, 0.717) is 36.7 Å². The third kappa shape index (κ3) is 3.38. The number of amides is 1. The maximum Gasteiger partial charge on any atom is 0.255 e. The molecule has 24 heavy (non-hydrogen) atoms. The van der Waals surface area contributed by atoms with Crippen LogP contribution in [0.4, 0.5) is 0 Å². The molecule has 0 aromatic carbocycles. The first-order valence-electron chi connectivity index (χ1n) is 7.85. The Labute approximate surface area is 140 Å². The molecule has 1 unspecified atom stereocenters. The molecule has 8 heteroatoms. The standard InChI is InChI=1S/C16H21N5O3/c1-20-11-18-19-13(20)8-16(23)6-3-7-21(10-16)15(22)12-4-5-14(24-2)17-9-12/h4-5,9,11,23H,3,6-8,10H2,1-2H3. The van der Waals surface area contributed by atoms with Crippen LogP contribution in [0.15, 0.2) is 24.7 Å². The van der Waals surface area contributed by atoms with Crippen LogP contribution in [0.1, 0.15) is 29.0 Å². The van der Waals surface area contributed by atoms with Gasteiger partial charge in [-0.05, 0) is 18.9 Å². The lowest BCUT2D eigenvalue weighted by Crippen LogP contribution is -2.51. The van der Waals surface area contributed by atoms with Gasteiger partial charge in [-0.2, -0.15) is 0 Å².